The Labute approximate surface area is 227 Å². The third kappa shape index (κ3) is 8.31. The van der Waals surface area contributed by atoms with Crippen LogP contribution < -0.4 is 14.8 Å². The highest BCUT2D eigenvalue weighted by Crippen LogP contribution is 2.42. The number of carboxylic acids is 1. The van der Waals surface area contributed by atoms with Gasteiger partial charge in [0.1, 0.15) is 29.5 Å². The van der Waals surface area contributed by atoms with Crippen LogP contribution in [0.4, 0.5) is 18.9 Å². The first-order chi connectivity index (χ1) is 17.8. The Bertz CT molecular complexity index is 1160. The first kappa shape index (κ1) is 29.7. The predicted molar refractivity (Wildman–Crippen MR) is 135 cm³/mol. The lowest BCUT2D eigenvalue weighted by Gasteiger charge is -2.39. The van der Waals surface area contributed by atoms with E-state index in [1.165, 1.54) is 24.6 Å². The number of carbonyl (C=O) groups is 2. The predicted octanol–water partition coefficient (Wildman–Crippen LogP) is 5.09. The highest BCUT2D eigenvalue weighted by Gasteiger charge is 2.42. The number of amides is 1. The van der Waals surface area contributed by atoms with E-state index in [9.17, 15) is 23.1 Å². The molecular weight excluding hydrogens is 552 g/mol. The number of halogens is 5. The summed E-state index contributed by atoms with van der Waals surface area (Å²) in [4.78, 5) is 22.6. The van der Waals surface area contributed by atoms with Crippen LogP contribution in [0.15, 0.2) is 36.4 Å². The molecule has 1 amide bonds. The van der Waals surface area contributed by atoms with E-state index in [0.29, 0.717) is 18.0 Å². The van der Waals surface area contributed by atoms with Crippen LogP contribution in [0.1, 0.15) is 25.3 Å². The first-order valence-electron chi connectivity index (χ1n) is 11.6. The number of carboxylic acid groups (broad SMARTS) is 1. The lowest BCUT2D eigenvalue weighted by molar-refractivity contribution is -0.192. The van der Waals surface area contributed by atoms with Gasteiger partial charge in [0.05, 0.1) is 11.1 Å². The summed E-state index contributed by atoms with van der Waals surface area (Å²) in [6.45, 7) is 4.16. The molecule has 208 valence electrons. The molecule has 1 unspecified atom stereocenters. The molecule has 2 aromatic carbocycles. The summed E-state index contributed by atoms with van der Waals surface area (Å²) in [6.07, 6.45) is -2.32. The van der Waals surface area contributed by atoms with Crippen LogP contribution in [-0.2, 0) is 16.0 Å². The number of piperidine rings is 1. The molecule has 38 heavy (non-hydrogen) atoms. The number of ether oxygens (including phenoxy) is 2. The van der Waals surface area contributed by atoms with Crippen molar-refractivity contribution >= 4 is 40.8 Å². The molecule has 4 rings (SSSR count). The summed E-state index contributed by atoms with van der Waals surface area (Å²) in [5.74, 6) is -1.56. The van der Waals surface area contributed by atoms with E-state index < -0.39 is 12.1 Å². The molecule has 0 aliphatic carbocycles. The molecule has 0 bridgehead atoms. The molecule has 2 aliphatic heterocycles. The van der Waals surface area contributed by atoms with Crippen LogP contribution in [0.2, 0.25) is 5.02 Å². The lowest BCUT2D eigenvalue weighted by atomic mass is 9.87. The van der Waals surface area contributed by atoms with E-state index in [-0.39, 0.29) is 29.2 Å². The summed E-state index contributed by atoms with van der Waals surface area (Å²) in [6, 6.07) is 10.4. The summed E-state index contributed by atoms with van der Waals surface area (Å²) in [5, 5.41) is 20.1. The van der Waals surface area contributed by atoms with E-state index in [4.69, 9.17) is 42.6 Å². The van der Waals surface area contributed by atoms with Crippen molar-refractivity contribution in [1.29, 1.82) is 0 Å². The number of fused-ring (bicyclic) bond motifs is 1. The number of alkyl halides is 4. The number of phenolic OH excluding ortho intramolecular Hbond substituents is 1. The van der Waals surface area contributed by atoms with Crippen molar-refractivity contribution < 1.29 is 42.4 Å². The molecule has 8 nitrogen and oxygen atoms in total. The van der Waals surface area contributed by atoms with Crippen molar-refractivity contribution in [1.82, 2.24) is 4.90 Å². The maximum atomic E-state index is 11.4. The maximum absolute atomic E-state index is 11.4. The molecule has 0 saturated carbocycles. The van der Waals surface area contributed by atoms with Crippen LogP contribution in [0.3, 0.4) is 0 Å². The highest BCUT2D eigenvalue weighted by molar-refractivity contribution is 6.30. The molecule has 0 aromatic heterocycles. The Morgan fingerprint density at radius 2 is 1.87 bits per heavy atom. The Kier molecular flexibility index (Phi) is 9.61. The van der Waals surface area contributed by atoms with Crippen molar-refractivity contribution in [2.75, 3.05) is 31.6 Å². The number of carbonyl (C=O) groups excluding carboxylic acids is 1. The zero-order valence-corrected chi connectivity index (χ0v) is 21.9. The second-order valence-electron chi connectivity index (χ2n) is 9.09. The second-order valence-corrected chi connectivity index (χ2v) is 10.1. The van der Waals surface area contributed by atoms with E-state index >= 15 is 0 Å². The normalized spacial score (nSPS) is 17.0. The van der Waals surface area contributed by atoms with E-state index in [1.54, 1.807) is 6.07 Å². The number of anilines is 1. The highest BCUT2D eigenvalue weighted by atomic mass is 35.5. The molecule has 1 fully saturated rings. The molecule has 2 heterocycles. The van der Waals surface area contributed by atoms with Gasteiger partial charge in [0.2, 0.25) is 5.91 Å². The average molecular weight is 579 g/mol. The first-order valence-corrected chi connectivity index (χ1v) is 12.5. The molecule has 0 radical (unpaired) electrons. The van der Waals surface area contributed by atoms with Gasteiger partial charge in [0.15, 0.2) is 0 Å². The molecule has 2 aliphatic rings. The smallest absolute Gasteiger partial charge is 0.490 e. The largest absolute Gasteiger partial charge is 0.508 e. The molecule has 2 aromatic rings. The number of hydrogen-bond acceptors (Lipinski definition) is 6. The van der Waals surface area contributed by atoms with Gasteiger partial charge >= 0.3 is 12.1 Å². The number of aromatic hydroxyl groups is 1. The van der Waals surface area contributed by atoms with E-state index in [0.717, 1.165) is 43.1 Å². The van der Waals surface area contributed by atoms with Crippen molar-refractivity contribution in [2.24, 2.45) is 0 Å². The van der Waals surface area contributed by atoms with E-state index in [1.807, 2.05) is 18.2 Å². The van der Waals surface area contributed by atoms with Crippen LogP contribution in [0.25, 0.3) is 0 Å². The fourth-order valence-corrected chi connectivity index (χ4v) is 4.71. The molecule has 3 N–H and O–H groups in total. The van der Waals surface area contributed by atoms with Gasteiger partial charge in [-0.2, -0.15) is 13.2 Å². The number of nitrogens with one attached hydrogen (secondary N) is 1. The molecule has 1 spiro atoms. The third-order valence-corrected chi connectivity index (χ3v) is 6.52. The summed E-state index contributed by atoms with van der Waals surface area (Å²) in [5.41, 5.74) is 1.55. The minimum absolute atomic E-state index is 0.0652. The van der Waals surface area contributed by atoms with Crippen molar-refractivity contribution in [3.63, 3.8) is 0 Å². The minimum atomic E-state index is -5.08. The van der Waals surface area contributed by atoms with Gasteiger partial charge in [0, 0.05) is 56.9 Å². The Morgan fingerprint density at radius 1 is 1.21 bits per heavy atom. The summed E-state index contributed by atoms with van der Waals surface area (Å²) >= 11 is 12.7. The number of hydrogen-bond donors (Lipinski definition) is 3. The molecule has 13 heteroatoms. The van der Waals surface area contributed by atoms with Crippen molar-refractivity contribution in [2.45, 2.75) is 43.3 Å². The van der Waals surface area contributed by atoms with Gasteiger partial charge in [-0.05, 0) is 35.9 Å². The molecular formula is C25H27Cl2F3N2O6. The van der Waals surface area contributed by atoms with Crippen LogP contribution in [-0.4, -0.2) is 70.4 Å². The standard InChI is InChI=1S/C23H26Cl2N2O4.C2HF3O2/c1-15(28)26-20-4-3-19(29)11-22(20)30-14-18(25)13-27-8-6-23(7-9-27)12-16-10-17(24)2-5-21(16)31-23;3-2(4,5)1(6)7/h2-5,10-11,18,29H,6-9,12-14H2,1H3,(H,26,28);(H,6,7). The SMILES string of the molecule is CC(=O)Nc1ccc(O)cc1OCC(Cl)CN1CCC2(CC1)Cc1cc(Cl)ccc1O2.O=C(O)C(F)(F)F. The van der Waals surface area contributed by atoms with E-state index in [2.05, 4.69) is 10.2 Å². The number of nitrogens with zero attached hydrogens (tertiary/aromatic N) is 1. The van der Waals surface area contributed by atoms with Crippen LogP contribution in [0, 0.1) is 0 Å². The third-order valence-electron chi connectivity index (χ3n) is 6.02. The fraction of sp³-hybridized carbons (Fsp3) is 0.440. The number of phenols is 1. The summed E-state index contributed by atoms with van der Waals surface area (Å²) < 4.78 is 43.8. The number of aliphatic carboxylic acids is 1. The minimum Gasteiger partial charge on any atom is -0.508 e. The molecule has 1 saturated heterocycles. The van der Waals surface area contributed by atoms with Gasteiger partial charge in [-0.25, -0.2) is 4.79 Å². The maximum Gasteiger partial charge on any atom is 0.490 e. The van der Waals surface area contributed by atoms with Gasteiger partial charge in [-0.3, -0.25) is 4.79 Å². The Hall–Kier alpha value is -2.89. The topological polar surface area (TPSA) is 108 Å². The summed E-state index contributed by atoms with van der Waals surface area (Å²) in [7, 11) is 0. The quantitative estimate of drug-likeness (QED) is 0.323. The second kappa shape index (κ2) is 12.3. The number of likely N-dealkylation sites (tertiary alicyclic amines) is 1. The fourth-order valence-electron chi connectivity index (χ4n) is 4.26. The number of benzene rings is 2. The monoisotopic (exact) mass is 578 g/mol. The van der Waals surface area contributed by atoms with Crippen LogP contribution in [0.5, 0.6) is 17.2 Å². The van der Waals surface area contributed by atoms with Crippen LogP contribution >= 0.6 is 23.2 Å². The Morgan fingerprint density at radius 3 is 2.47 bits per heavy atom. The van der Waals surface area contributed by atoms with Gasteiger partial charge in [-0.1, -0.05) is 11.6 Å². The zero-order chi connectivity index (χ0) is 28.1. The van der Waals surface area contributed by atoms with Gasteiger partial charge in [-0.15, -0.1) is 11.6 Å². The number of rotatable bonds is 6. The Balaban J connectivity index is 0.000000505. The average Bonchev–Trinajstić information content (AvgIpc) is 3.17. The molecule has 1 atom stereocenters. The lowest BCUT2D eigenvalue weighted by Crippen LogP contribution is -2.49. The van der Waals surface area contributed by atoms with Crippen molar-refractivity contribution in [3.05, 3.63) is 47.0 Å². The van der Waals surface area contributed by atoms with Gasteiger partial charge < -0.3 is 29.9 Å². The van der Waals surface area contributed by atoms with Gasteiger partial charge in [0.25, 0.3) is 0 Å². The zero-order valence-electron chi connectivity index (χ0n) is 20.4. The van der Waals surface area contributed by atoms with Crippen molar-refractivity contribution in [3.8, 4) is 17.2 Å².